The molecule has 0 aliphatic carbocycles. The van der Waals surface area contributed by atoms with E-state index in [4.69, 9.17) is 9.47 Å². The van der Waals surface area contributed by atoms with Gasteiger partial charge in [0.1, 0.15) is 16.7 Å². The quantitative estimate of drug-likeness (QED) is 0.0608. The second-order valence-corrected chi connectivity index (χ2v) is 12.2. The lowest BCUT2D eigenvalue weighted by Crippen LogP contribution is -2.30. The molecule has 3 N–H and O–H groups in total. The number of carbonyl (C=O) groups excluding carboxylic acids is 4. The van der Waals surface area contributed by atoms with Crippen LogP contribution in [-0.4, -0.2) is 36.9 Å². The van der Waals surface area contributed by atoms with Gasteiger partial charge in [-0.15, -0.1) is 11.8 Å². The summed E-state index contributed by atoms with van der Waals surface area (Å²) in [6.07, 6.45) is 1.58. The fraction of sp³-hybridized carbons (Fsp3) is 0.122. The smallest absolute Gasteiger partial charge is 0.338 e. The third-order valence-corrected chi connectivity index (χ3v) is 8.65. The molecule has 0 spiro atoms. The van der Waals surface area contributed by atoms with Crippen LogP contribution in [0.4, 0.5) is 11.4 Å². The minimum Gasteiger partial charge on any atom is -0.493 e. The third-order valence-electron chi connectivity index (χ3n) is 7.40. The predicted molar refractivity (Wildman–Crippen MR) is 201 cm³/mol. The highest BCUT2D eigenvalue weighted by Gasteiger charge is 2.23. The first-order chi connectivity index (χ1) is 24.8. The van der Waals surface area contributed by atoms with Gasteiger partial charge in [-0.05, 0) is 86.2 Å². The number of hydrogen-bond donors (Lipinski definition) is 3. The lowest BCUT2D eigenvalue weighted by molar-refractivity contribution is -0.116. The molecule has 5 aromatic rings. The number of anilines is 2. The number of para-hydroxylation sites is 1. The fourth-order valence-corrected chi connectivity index (χ4v) is 6.06. The second kappa shape index (κ2) is 18.0. The predicted octanol–water partition coefficient (Wildman–Crippen LogP) is 8.14. The summed E-state index contributed by atoms with van der Waals surface area (Å²) < 4.78 is 10.8. The lowest BCUT2D eigenvalue weighted by atomic mass is 10.1. The molecule has 0 heterocycles. The van der Waals surface area contributed by atoms with Crippen molar-refractivity contribution in [2.45, 2.75) is 24.0 Å². The van der Waals surface area contributed by atoms with Crippen molar-refractivity contribution in [1.82, 2.24) is 5.32 Å². The monoisotopic (exact) mass is 699 g/mol. The Labute approximate surface area is 301 Å². The summed E-state index contributed by atoms with van der Waals surface area (Å²) in [5, 5.41) is 7.96. The molecule has 1 unspecified atom stereocenters. The zero-order valence-electron chi connectivity index (χ0n) is 28.1. The van der Waals surface area contributed by atoms with Gasteiger partial charge in [-0.2, -0.15) is 0 Å². The van der Waals surface area contributed by atoms with Gasteiger partial charge in [0.2, 0.25) is 5.91 Å². The lowest BCUT2D eigenvalue weighted by Gasteiger charge is -2.18. The van der Waals surface area contributed by atoms with Crippen LogP contribution in [0.5, 0.6) is 5.75 Å². The van der Waals surface area contributed by atoms with Crippen molar-refractivity contribution in [3.05, 3.63) is 161 Å². The average molecular weight is 700 g/mol. The molecule has 0 saturated carbocycles. The Kier molecular flexibility index (Phi) is 12.8. The molecule has 0 aliphatic heterocycles. The van der Waals surface area contributed by atoms with Gasteiger partial charge < -0.3 is 25.4 Å². The number of amides is 3. The van der Waals surface area contributed by atoms with Gasteiger partial charge in [0.05, 0.1) is 18.8 Å². The molecule has 5 aromatic carbocycles. The number of benzene rings is 5. The molecule has 5 rings (SSSR count). The van der Waals surface area contributed by atoms with E-state index in [1.807, 2.05) is 55.5 Å². The first-order valence-electron chi connectivity index (χ1n) is 16.4. The Bertz CT molecular complexity index is 2000. The maximum Gasteiger partial charge on any atom is 0.338 e. The van der Waals surface area contributed by atoms with Crippen molar-refractivity contribution in [2.75, 3.05) is 23.8 Å². The van der Waals surface area contributed by atoms with E-state index in [0.29, 0.717) is 40.4 Å². The molecule has 3 amide bonds. The molecule has 0 saturated heterocycles. The average Bonchev–Trinajstić information content (AvgIpc) is 3.15. The van der Waals surface area contributed by atoms with Crippen LogP contribution in [0.2, 0.25) is 0 Å². The van der Waals surface area contributed by atoms with E-state index in [9.17, 15) is 19.2 Å². The second-order valence-electron chi connectivity index (χ2n) is 11.0. The summed E-state index contributed by atoms with van der Waals surface area (Å²) >= 11 is 1.31. The highest BCUT2D eigenvalue weighted by molar-refractivity contribution is 8.00. The number of carbonyl (C=O) groups is 4. The summed E-state index contributed by atoms with van der Waals surface area (Å²) in [7, 11) is 0. The van der Waals surface area contributed by atoms with Crippen molar-refractivity contribution >= 4 is 52.9 Å². The zero-order chi connectivity index (χ0) is 36.0. The highest BCUT2D eigenvalue weighted by Crippen LogP contribution is 2.37. The van der Waals surface area contributed by atoms with Crippen LogP contribution in [0.25, 0.3) is 6.08 Å². The Morgan fingerprint density at radius 1 is 0.686 bits per heavy atom. The van der Waals surface area contributed by atoms with Gasteiger partial charge in [-0.25, -0.2) is 4.79 Å². The molecule has 0 aliphatic rings. The van der Waals surface area contributed by atoms with E-state index in [1.165, 1.54) is 11.8 Å². The number of thioether (sulfide) groups is 1. The van der Waals surface area contributed by atoms with Crippen LogP contribution >= 0.6 is 11.8 Å². The maximum atomic E-state index is 13.8. The first-order valence-corrected chi connectivity index (χ1v) is 17.2. The van der Waals surface area contributed by atoms with Crippen LogP contribution in [0.3, 0.4) is 0 Å². The number of esters is 1. The number of nitrogens with one attached hydrogen (secondary N) is 3. The van der Waals surface area contributed by atoms with E-state index in [1.54, 1.807) is 97.9 Å². The zero-order valence-corrected chi connectivity index (χ0v) is 28.9. The normalized spacial score (nSPS) is 11.5. The number of ether oxygens (including phenoxy) is 2. The topological polar surface area (TPSA) is 123 Å². The molecule has 51 heavy (non-hydrogen) atoms. The van der Waals surface area contributed by atoms with Crippen LogP contribution in [-0.2, 0) is 14.3 Å². The van der Waals surface area contributed by atoms with Crippen LogP contribution in [0.15, 0.2) is 144 Å². The molecule has 0 radical (unpaired) electrons. The molecule has 1 atom stereocenters. The molecule has 0 bridgehead atoms. The third kappa shape index (κ3) is 10.2. The van der Waals surface area contributed by atoms with Crippen molar-refractivity contribution in [3.63, 3.8) is 0 Å². The van der Waals surface area contributed by atoms with E-state index < -0.39 is 23.0 Å². The van der Waals surface area contributed by atoms with Gasteiger partial charge in [0.15, 0.2) is 0 Å². The van der Waals surface area contributed by atoms with E-state index >= 15 is 0 Å². The number of hydrogen-bond acceptors (Lipinski definition) is 7. The van der Waals surface area contributed by atoms with Gasteiger partial charge in [0.25, 0.3) is 11.8 Å². The van der Waals surface area contributed by atoms with Crippen LogP contribution < -0.4 is 20.7 Å². The van der Waals surface area contributed by atoms with E-state index in [-0.39, 0.29) is 18.2 Å². The van der Waals surface area contributed by atoms with E-state index in [0.717, 1.165) is 10.5 Å². The highest BCUT2D eigenvalue weighted by atomic mass is 32.2. The Hall–Kier alpha value is -6.13. The minimum absolute atomic E-state index is 0.0181. The van der Waals surface area contributed by atoms with Gasteiger partial charge in [-0.1, -0.05) is 72.8 Å². The maximum absolute atomic E-state index is 13.8. The number of rotatable bonds is 14. The minimum atomic E-state index is -0.655. The largest absolute Gasteiger partial charge is 0.493 e. The molecule has 9 nitrogen and oxygen atoms in total. The van der Waals surface area contributed by atoms with Crippen LogP contribution in [0.1, 0.15) is 50.9 Å². The summed E-state index contributed by atoms with van der Waals surface area (Å²) in [5.74, 6) is -1.13. The van der Waals surface area contributed by atoms with Gasteiger partial charge in [-0.3, -0.25) is 14.4 Å². The summed E-state index contributed by atoms with van der Waals surface area (Å²) in [6.45, 7) is 4.30. The molecule has 258 valence electrons. The fourth-order valence-electron chi connectivity index (χ4n) is 4.98. The molecule has 0 fully saturated rings. The SMILES string of the molecule is CCOC(=O)c1ccc(NC(=O)C(Sc2cccc(NC(=O)/C(=C\c3ccccc3OCC)NC(=O)c3ccccc3)c2)c2ccccc2)cc1. The summed E-state index contributed by atoms with van der Waals surface area (Å²) in [4.78, 5) is 53.4. The summed E-state index contributed by atoms with van der Waals surface area (Å²) in [5.41, 5.74) is 3.19. The molecule has 10 heteroatoms. The van der Waals surface area contributed by atoms with Gasteiger partial charge >= 0.3 is 5.97 Å². The van der Waals surface area contributed by atoms with Crippen LogP contribution in [0, 0.1) is 0 Å². The Morgan fingerprint density at radius 3 is 2.08 bits per heavy atom. The standard InChI is InChI=1S/C41H37N3O6S/c1-3-49-36-21-12-11-18-31(36)26-35(44-38(45)29-16-9-6-10-17-29)39(46)43-33-19-13-20-34(27-33)51-37(28-14-7-5-8-15-28)40(47)42-32-24-22-30(23-25-32)41(48)50-4-2/h5-27,37H,3-4H2,1-2H3,(H,42,47)(H,43,46)(H,44,45)/b35-26+. The Morgan fingerprint density at radius 2 is 1.37 bits per heavy atom. The van der Waals surface area contributed by atoms with Gasteiger partial charge in [0, 0.05) is 27.4 Å². The van der Waals surface area contributed by atoms with Crippen molar-refractivity contribution in [1.29, 1.82) is 0 Å². The first kappa shape index (κ1) is 36.2. The Balaban J connectivity index is 1.37. The van der Waals surface area contributed by atoms with Crippen molar-refractivity contribution in [3.8, 4) is 5.75 Å². The molecule has 0 aromatic heterocycles. The van der Waals surface area contributed by atoms with Crippen molar-refractivity contribution < 1.29 is 28.7 Å². The van der Waals surface area contributed by atoms with Crippen molar-refractivity contribution in [2.24, 2.45) is 0 Å². The molecular weight excluding hydrogens is 663 g/mol. The van der Waals surface area contributed by atoms with E-state index in [2.05, 4.69) is 16.0 Å². The molecular formula is C41H37N3O6S. The summed E-state index contributed by atoms with van der Waals surface area (Å²) in [6, 6.07) is 38.9.